The molecule has 0 bridgehead atoms. The van der Waals surface area contributed by atoms with Crippen molar-refractivity contribution in [3.05, 3.63) is 63.7 Å². The molecule has 0 spiro atoms. The van der Waals surface area contributed by atoms with Crippen LogP contribution in [-0.2, 0) is 16.1 Å². The summed E-state index contributed by atoms with van der Waals surface area (Å²) in [5.74, 6) is -0.315. The molecule has 1 saturated heterocycles. The van der Waals surface area contributed by atoms with Crippen LogP contribution in [0.5, 0.6) is 0 Å². The number of benzene rings is 2. The summed E-state index contributed by atoms with van der Waals surface area (Å²) in [7, 11) is 0. The molecule has 7 heteroatoms. The summed E-state index contributed by atoms with van der Waals surface area (Å²) in [5.41, 5.74) is 1.77. The first kappa shape index (κ1) is 19.8. The number of nitrogens with one attached hydrogen (secondary N) is 1. The van der Waals surface area contributed by atoms with Gasteiger partial charge in [0.1, 0.15) is 6.04 Å². The molecule has 5 nitrogen and oxygen atoms in total. The number of halogens is 1. The van der Waals surface area contributed by atoms with Crippen molar-refractivity contribution in [1.82, 2.24) is 9.80 Å². The van der Waals surface area contributed by atoms with Crippen molar-refractivity contribution < 1.29 is 9.59 Å². The number of carbonyl (C=O) groups is 2. The third kappa shape index (κ3) is 4.65. The molecule has 140 valence electrons. The molecule has 0 radical (unpaired) electrons. The summed E-state index contributed by atoms with van der Waals surface area (Å²) in [6.07, 6.45) is 0.0638. The van der Waals surface area contributed by atoms with E-state index in [-0.39, 0.29) is 18.2 Å². The molecule has 2 aromatic rings. The van der Waals surface area contributed by atoms with Crippen LogP contribution in [0.25, 0.3) is 0 Å². The molecular weight excluding hydrogens is 473 g/mol. The summed E-state index contributed by atoms with van der Waals surface area (Å²) >= 11 is 7.72. The Kier molecular flexibility index (Phi) is 6.43. The molecule has 3 rings (SSSR count). The predicted octanol–water partition coefficient (Wildman–Crippen LogP) is 3.64. The van der Waals surface area contributed by atoms with Crippen molar-refractivity contribution >= 4 is 57.4 Å². The van der Waals surface area contributed by atoms with Crippen molar-refractivity contribution in [3.8, 4) is 0 Å². The smallest absolute Gasteiger partial charge is 0.252 e. The Morgan fingerprint density at radius 1 is 1.15 bits per heavy atom. The summed E-state index contributed by atoms with van der Waals surface area (Å²) in [5, 5.41) is 3.35. The highest BCUT2D eigenvalue weighted by Crippen LogP contribution is 2.24. The number of amides is 2. The molecule has 1 unspecified atom stereocenters. The van der Waals surface area contributed by atoms with Gasteiger partial charge in [-0.1, -0.05) is 30.3 Å². The molecule has 1 fully saturated rings. The number of rotatable bonds is 6. The lowest BCUT2D eigenvalue weighted by Crippen LogP contribution is -2.37. The summed E-state index contributed by atoms with van der Waals surface area (Å²) in [4.78, 5) is 28.8. The van der Waals surface area contributed by atoms with E-state index in [1.165, 1.54) is 0 Å². The Morgan fingerprint density at radius 2 is 1.81 bits per heavy atom. The molecule has 0 aliphatic carbocycles. The van der Waals surface area contributed by atoms with Gasteiger partial charge in [-0.3, -0.25) is 14.5 Å². The Bertz CT molecular complexity index is 842. The lowest BCUT2D eigenvalue weighted by molar-refractivity contribution is -0.130. The largest absolute Gasteiger partial charge is 0.332 e. The van der Waals surface area contributed by atoms with E-state index < -0.39 is 6.04 Å². The number of nitrogens with zero attached hydrogens (tertiary/aromatic N) is 2. The van der Waals surface area contributed by atoms with Crippen LogP contribution in [0.1, 0.15) is 18.9 Å². The monoisotopic (exact) mass is 493 g/mol. The first-order valence-corrected chi connectivity index (χ1v) is 10.2. The zero-order chi connectivity index (χ0) is 19.4. The Morgan fingerprint density at radius 3 is 2.44 bits per heavy atom. The van der Waals surface area contributed by atoms with Gasteiger partial charge in [0.15, 0.2) is 5.11 Å². The molecule has 1 atom stereocenters. The molecular formula is C20H20IN3O2S. The SMILES string of the molecule is CCN1C(=O)C(CC(=O)Nc2ccc(I)cc2)N(Cc2ccccc2)C1=S. The standard InChI is InChI=1S/C20H20IN3O2S/c1-2-23-19(26)17(12-18(25)22-16-10-8-15(21)9-11-16)24(20(23)27)13-14-6-4-3-5-7-14/h3-11,17H,2,12-13H2,1H3,(H,22,25). The maximum absolute atomic E-state index is 12.8. The Hall–Kier alpha value is -2.00. The highest BCUT2D eigenvalue weighted by Gasteiger charge is 2.42. The minimum Gasteiger partial charge on any atom is -0.332 e. The van der Waals surface area contributed by atoms with Gasteiger partial charge in [-0.15, -0.1) is 0 Å². The van der Waals surface area contributed by atoms with Crippen LogP contribution in [0.4, 0.5) is 5.69 Å². The van der Waals surface area contributed by atoms with E-state index in [0.717, 1.165) is 14.8 Å². The Labute approximate surface area is 177 Å². The van der Waals surface area contributed by atoms with Crippen molar-refractivity contribution in [1.29, 1.82) is 0 Å². The highest BCUT2D eigenvalue weighted by atomic mass is 127. The van der Waals surface area contributed by atoms with Gasteiger partial charge in [0.25, 0.3) is 5.91 Å². The van der Waals surface area contributed by atoms with Crippen LogP contribution in [0.2, 0.25) is 0 Å². The zero-order valence-corrected chi connectivity index (χ0v) is 17.9. The van der Waals surface area contributed by atoms with Gasteiger partial charge in [-0.25, -0.2) is 0 Å². The molecule has 27 heavy (non-hydrogen) atoms. The number of hydrogen-bond donors (Lipinski definition) is 1. The van der Waals surface area contributed by atoms with E-state index in [4.69, 9.17) is 12.2 Å². The Balaban J connectivity index is 1.75. The number of carbonyl (C=O) groups excluding carboxylic acids is 2. The topological polar surface area (TPSA) is 52.7 Å². The fourth-order valence-corrected chi connectivity index (χ4v) is 3.83. The van der Waals surface area contributed by atoms with E-state index in [0.29, 0.717) is 18.2 Å². The van der Waals surface area contributed by atoms with E-state index >= 15 is 0 Å². The first-order chi connectivity index (χ1) is 13.0. The lowest BCUT2D eigenvalue weighted by Gasteiger charge is -2.23. The van der Waals surface area contributed by atoms with Gasteiger partial charge in [-0.2, -0.15) is 0 Å². The fourth-order valence-electron chi connectivity index (χ4n) is 3.06. The number of thiocarbonyl (C=S) groups is 1. The molecule has 0 aromatic heterocycles. The molecule has 1 N–H and O–H groups in total. The van der Waals surface area contributed by atoms with Crippen LogP contribution < -0.4 is 5.32 Å². The molecule has 1 heterocycles. The summed E-state index contributed by atoms with van der Waals surface area (Å²) in [6, 6.07) is 16.8. The minimum atomic E-state index is -0.582. The maximum Gasteiger partial charge on any atom is 0.252 e. The second kappa shape index (κ2) is 8.79. The van der Waals surface area contributed by atoms with Gasteiger partial charge in [0.2, 0.25) is 5.91 Å². The van der Waals surface area contributed by atoms with Crippen LogP contribution in [0.3, 0.4) is 0 Å². The lowest BCUT2D eigenvalue weighted by atomic mass is 10.1. The van der Waals surface area contributed by atoms with Crippen molar-refractivity contribution in [3.63, 3.8) is 0 Å². The molecule has 2 amide bonds. The molecule has 0 saturated carbocycles. The third-order valence-electron chi connectivity index (χ3n) is 4.42. The highest BCUT2D eigenvalue weighted by molar-refractivity contribution is 14.1. The maximum atomic E-state index is 12.8. The summed E-state index contributed by atoms with van der Waals surface area (Å²) < 4.78 is 1.09. The van der Waals surface area contributed by atoms with Crippen molar-refractivity contribution in [2.45, 2.75) is 25.9 Å². The van der Waals surface area contributed by atoms with E-state index in [1.54, 1.807) is 4.90 Å². The molecule has 1 aliphatic rings. The van der Waals surface area contributed by atoms with Crippen LogP contribution in [0.15, 0.2) is 54.6 Å². The number of likely N-dealkylation sites (N-methyl/N-ethyl adjacent to an activating group) is 1. The van der Waals surface area contributed by atoms with Crippen LogP contribution >= 0.6 is 34.8 Å². The number of hydrogen-bond acceptors (Lipinski definition) is 3. The van der Waals surface area contributed by atoms with Gasteiger partial charge < -0.3 is 10.2 Å². The van der Waals surface area contributed by atoms with Gasteiger partial charge in [-0.05, 0) is 71.6 Å². The van der Waals surface area contributed by atoms with Gasteiger partial charge in [0, 0.05) is 22.3 Å². The normalized spacial score (nSPS) is 16.7. The summed E-state index contributed by atoms with van der Waals surface area (Å²) in [6.45, 7) is 2.89. The van der Waals surface area contributed by atoms with Crippen molar-refractivity contribution in [2.75, 3.05) is 11.9 Å². The third-order valence-corrected chi connectivity index (χ3v) is 5.60. The average Bonchev–Trinajstić information content (AvgIpc) is 2.88. The average molecular weight is 493 g/mol. The van der Waals surface area contributed by atoms with Gasteiger partial charge in [0.05, 0.1) is 6.42 Å². The quantitative estimate of drug-likeness (QED) is 0.494. The van der Waals surface area contributed by atoms with E-state index in [1.807, 2.05) is 66.4 Å². The van der Waals surface area contributed by atoms with E-state index in [2.05, 4.69) is 27.9 Å². The minimum absolute atomic E-state index is 0.0638. The second-order valence-electron chi connectivity index (χ2n) is 6.25. The fraction of sp³-hybridized carbons (Fsp3) is 0.250. The zero-order valence-electron chi connectivity index (χ0n) is 14.9. The number of anilines is 1. The van der Waals surface area contributed by atoms with Crippen LogP contribution in [-0.4, -0.2) is 39.3 Å². The molecule has 1 aliphatic heterocycles. The molecule has 2 aromatic carbocycles. The van der Waals surface area contributed by atoms with E-state index in [9.17, 15) is 9.59 Å². The van der Waals surface area contributed by atoms with Gasteiger partial charge >= 0.3 is 0 Å². The van der Waals surface area contributed by atoms with Crippen LogP contribution in [0, 0.1) is 3.57 Å². The predicted molar refractivity (Wildman–Crippen MR) is 118 cm³/mol. The first-order valence-electron chi connectivity index (χ1n) is 8.71. The second-order valence-corrected chi connectivity index (χ2v) is 7.86. The van der Waals surface area contributed by atoms with Crippen molar-refractivity contribution in [2.24, 2.45) is 0 Å².